The van der Waals surface area contributed by atoms with Crippen molar-refractivity contribution in [2.75, 3.05) is 4.72 Å². The largest absolute Gasteiger partial charge is 0.481 e. The van der Waals surface area contributed by atoms with Crippen molar-refractivity contribution in [2.45, 2.75) is 37.6 Å². The predicted molar refractivity (Wildman–Crippen MR) is 117 cm³/mol. The Bertz CT molecular complexity index is 1000. The molecule has 2 rings (SSSR count). The molecule has 0 fully saturated rings. The van der Waals surface area contributed by atoms with E-state index in [4.69, 9.17) is 28.3 Å². The maximum absolute atomic E-state index is 12.5. The number of carbonyl (C=O) groups is 2. The maximum Gasteiger partial charge on any atom is 0.305 e. The number of benzene rings is 2. The highest BCUT2D eigenvalue weighted by molar-refractivity contribution is 7.92. The second-order valence-corrected chi connectivity index (χ2v) is 9.74. The van der Waals surface area contributed by atoms with Crippen LogP contribution < -0.4 is 10.0 Å². The Morgan fingerprint density at radius 1 is 1.03 bits per heavy atom. The molecule has 1 amide bonds. The predicted octanol–water partition coefficient (Wildman–Crippen LogP) is 4.41. The van der Waals surface area contributed by atoms with Gasteiger partial charge in [-0.25, -0.2) is 8.42 Å². The molecule has 0 heterocycles. The van der Waals surface area contributed by atoms with Gasteiger partial charge in [0, 0.05) is 27.3 Å². The first-order valence-corrected chi connectivity index (χ1v) is 11.3. The number of rotatable bonds is 9. The summed E-state index contributed by atoms with van der Waals surface area (Å²) in [5, 5.41) is 12.1. The Morgan fingerprint density at radius 2 is 1.60 bits per heavy atom. The van der Waals surface area contributed by atoms with Crippen LogP contribution in [0.4, 0.5) is 5.69 Å². The highest BCUT2D eigenvalue weighted by Gasteiger charge is 2.19. The first-order chi connectivity index (χ1) is 14.0. The van der Waals surface area contributed by atoms with Crippen LogP contribution in [0.25, 0.3) is 0 Å². The lowest BCUT2D eigenvalue weighted by atomic mass is 10.0. The third kappa shape index (κ3) is 7.19. The van der Waals surface area contributed by atoms with Gasteiger partial charge in [0.05, 0.1) is 11.3 Å². The maximum atomic E-state index is 12.5. The number of carboxylic acids is 1. The molecule has 0 spiro atoms. The molecule has 0 aliphatic carbocycles. The third-order valence-electron chi connectivity index (χ3n) is 4.06. The smallest absolute Gasteiger partial charge is 0.305 e. The summed E-state index contributed by atoms with van der Waals surface area (Å²) in [6.07, 6.45) is 0.349. The highest BCUT2D eigenvalue weighted by atomic mass is 35.5. The van der Waals surface area contributed by atoms with E-state index < -0.39 is 27.9 Å². The summed E-state index contributed by atoms with van der Waals surface area (Å²) in [6.45, 7) is 3.88. The van der Waals surface area contributed by atoms with Crippen molar-refractivity contribution in [3.63, 3.8) is 0 Å². The van der Waals surface area contributed by atoms with E-state index in [2.05, 4.69) is 10.0 Å². The van der Waals surface area contributed by atoms with Crippen molar-refractivity contribution in [3.8, 4) is 0 Å². The summed E-state index contributed by atoms with van der Waals surface area (Å²) in [5.74, 6) is -1.21. The Kier molecular flexibility index (Phi) is 8.11. The summed E-state index contributed by atoms with van der Waals surface area (Å²) in [5.41, 5.74) is 0.523. The van der Waals surface area contributed by atoms with E-state index in [1.807, 2.05) is 13.8 Å². The molecule has 162 valence electrons. The van der Waals surface area contributed by atoms with Gasteiger partial charge >= 0.3 is 5.97 Å². The molecule has 0 aliphatic rings. The van der Waals surface area contributed by atoms with Crippen LogP contribution in [-0.2, 0) is 14.8 Å². The van der Waals surface area contributed by atoms with Crippen LogP contribution in [0.5, 0.6) is 0 Å². The highest BCUT2D eigenvalue weighted by Crippen LogP contribution is 2.24. The van der Waals surface area contributed by atoms with Gasteiger partial charge in [-0.15, -0.1) is 0 Å². The minimum absolute atomic E-state index is 0.0907. The summed E-state index contributed by atoms with van der Waals surface area (Å²) in [4.78, 5) is 23.4. The van der Waals surface area contributed by atoms with E-state index in [0.29, 0.717) is 6.42 Å². The summed E-state index contributed by atoms with van der Waals surface area (Å²) in [7, 11) is -3.92. The number of amides is 1. The molecule has 0 bridgehead atoms. The molecule has 3 N–H and O–H groups in total. The minimum atomic E-state index is -3.92. The Labute approximate surface area is 185 Å². The lowest BCUT2D eigenvalue weighted by Gasteiger charge is -2.19. The third-order valence-corrected chi connectivity index (χ3v) is 5.86. The molecule has 7 nitrogen and oxygen atoms in total. The standard InChI is InChI=1S/C20H22Cl2N2O5S/c1-12(2)7-17(11-19(25)26)23-20(27)13-3-5-16(6-4-13)24-30(28,29)18-9-14(21)8-15(22)10-18/h3-6,8-10,12,17,24H,7,11H2,1-2H3,(H,23,27)(H,25,26). The first kappa shape index (κ1) is 24.0. The average molecular weight is 473 g/mol. The van der Waals surface area contributed by atoms with Crippen LogP contribution in [-0.4, -0.2) is 31.4 Å². The number of sulfonamides is 1. The van der Waals surface area contributed by atoms with Crippen molar-refractivity contribution in [3.05, 3.63) is 58.1 Å². The second kappa shape index (κ2) is 10.1. The lowest BCUT2D eigenvalue weighted by Crippen LogP contribution is -2.37. The molecule has 0 aliphatic heterocycles. The number of halogens is 2. The number of hydrogen-bond acceptors (Lipinski definition) is 4. The monoisotopic (exact) mass is 472 g/mol. The number of anilines is 1. The van der Waals surface area contributed by atoms with Crippen LogP contribution in [0.3, 0.4) is 0 Å². The van der Waals surface area contributed by atoms with E-state index in [9.17, 15) is 18.0 Å². The normalized spacial score (nSPS) is 12.4. The second-order valence-electron chi connectivity index (χ2n) is 7.19. The summed E-state index contributed by atoms with van der Waals surface area (Å²) < 4.78 is 27.4. The first-order valence-electron chi connectivity index (χ1n) is 9.08. The van der Waals surface area contributed by atoms with E-state index in [1.165, 1.54) is 42.5 Å². The van der Waals surface area contributed by atoms with Crippen molar-refractivity contribution >= 4 is 50.8 Å². The van der Waals surface area contributed by atoms with E-state index in [0.717, 1.165) is 0 Å². The zero-order valence-electron chi connectivity index (χ0n) is 16.4. The van der Waals surface area contributed by atoms with Gasteiger partial charge in [0.2, 0.25) is 0 Å². The van der Waals surface area contributed by atoms with Crippen LogP contribution in [0.15, 0.2) is 47.4 Å². The van der Waals surface area contributed by atoms with Gasteiger partial charge in [-0.1, -0.05) is 37.0 Å². The van der Waals surface area contributed by atoms with Gasteiger partial charge in [-0.05, 0) is 54.8 Å². The molecule has 10 heteroatoms. The average Bonchev–Trinajstić information content (AvgIpc) is 2.60. The van der Waals surface area contributed by atoms with Crippen molar-refractivity contribution in [1.82, 2.24) is 5.32 Å². The molecule has 0 aromatic heterocycles. The van der Waals surface area contributed by atoms with Gasteiger partial charge in [0.25, 0.3) is 15.9 Å². The molecular formula is C20H22Cl2N2O5S. The topological polar surface area (TPSA) is 113 Å². The van der Waals surface area contributed by atoms with Crippen molar-refractivity contribution < 1.29 is 23.1 Å². The molecular weight excluding hydrogens is 451 g/mol. The molecule has 1 unspecified atom stereocenters. The zero-order chi connectivity index (χ0) is 22.5. The molecule has 0 radical (unpaired) electrons. The van der Waals surface area contributed by atoms with Gasteiger partial charge in [0.15, 0.2) is 0 Å². The van der Waals surface area contributed by atoms with Crippen LogP contribution in [0, 0.1) is 5.92 Å². The van der Waals surface area contributed by atoms with Crippen LogP contribution in [0.1, 0.15) is 37.0 Å². The lowest BCUT2D eigenvalue weighted by molar-refractivity contribution is -0.137. The van der Waals surface area contributed by atoms with Gasteiger partial charge < -0.3 is 10.4 Å². The molecule has 0 saturated heterocycles. The number of carbonyl (C=O) groups excluding carboxylic acids is 1. The van der Waals surface area contributed by atoms with Crippen LogP contribution >= 0.6 is 23.2 Å². The van der Waals surface area contributed by atoms with E-state index in [-0.39, 0.29) is 38.5 Å². The Balaban J connectivity index is 2.11. The Morgan fingerprint density at radius 3 is 2.10 bits per heavy atom. The van der Waals surface area contributed by atoms with Gasteiger partial charge in [-0.3, -0.25) is 14.3 Å². The number of aliphatic carboxylic acids is 1. The number of nitrogens with one attached hydrogen (secondary N) is 2. The van der Waals surface area contributed by atoms with Crippen molar-refractivity contribution in [1.29, 1.82) is 0 Å². The number of hydrogen-bond donors (Lipinski definition) is 3. The zero-order valence-corrected chi connectivity index (χ0v) is 18.7. The summed E-state index contributed by atoms with van der Waals surface area (Å²) in [6, 6.07) is 9.24. The molecule has 30 heavy (non-hydrogen) atoms. The Hall–Kier alpha value is -2.29. The molecule has 2 aromatic carbocycles. The number of carboxylic acid groups (broad SMARTS) is 1. The SMILES string of the molecule is CC(C)CC(CC(=O)O)NC(=O)c1ccc(NS(=O)(=O)c2cc(Cl)cc(Cl)c2)cc1. The van der Waals surface area contributed by atoms with Gasteiger partial charge in [0.1, 0.15) is 0 Å². The van der Waals surface area contributed by atoms with Crippen molar-refractivity contribution in [2.24, 2.45) is 5.92 Å². The van der Waals surface area contributed by atoms with E-state index >= 15 is 0 Å². The molecule has 2 aromatic rings. The fraction of sp³-hybridized carbons (Fsp3) is 0.300. The minimum Gasteiger partial charge on any atom is -0.481 e. The molecule has 0 saturated carbocycles. The summed E-state index contributed by atoms with van der Waals surface area (Å²) >= 11 is 11.7. The van der Waals surface area contributed by atoms with Gasteiger partial charge in [-0.2, -0.15) is 0 Å². The quantitative estimate of drug-likeness (QED) is 0.499. The molecule has 1 atom stereocenters. The fourth-order valence-electron chi connectivity index (χ4n) is 2.83. The van der Waals surface area contributed by atoms with Crippen LogP contribution in [0.2, 0.25) is 10.0 Å². The van der Waals surface area contributed by atoms with E-state index in [1.54, 1.807) is 0 Å². The fourth-order valence-corrected chi connectivity index (χ4v) is 4.61.